The Labute approximate surface area is 174 Å². The van der Waals surface area contributed by atoms with E-state index in [9.17, 15) is 9.90 Å². The largest absolute Gasteiger partial charge is 0.444 e. The summed E-state index contributed by atoms with van der Waals surface area (Å²) in [5.74, 6) is -0.0542. The Kier molecular flexibility index (Phi) is 7.46. The van der Waals surface area contributed by atoms with Crippen LogP contribution in [0, 0.1) is 11.8 Å². The number of aliphatic hydroxyl groups excluding tert-OH is 1. The van der Waals surface area contributed by atoms with Gasteiger partial charge in [-0.25, -0.2) is 4.79 Å². The minimum Gasteiger partial charge on any atom is -0.444 e. The van der Waals surface area contributed by atoms with Gasteiger partial charge in [0.15, 0.2) is 12.1 Å². The molecule has 2 saturated heterocycles. The van der Waals surface area contributed by atoms with Crippen LogP contribution in [0.3, 0.4) is 0 Å². The van der Waals surface area contributed by atoms with Crippen molar-refractivity contribution in [3.63, 3.8) is 0 Å². The van der Waals surface area contributed by atoms with Crippen LogP contribution in [0.2, 0.25) is 0 Å². The van der Waals surface area contributed by atoms with Crippen molar-refractivity contribution in [3.05, 3.63) is 0 Å². The lowest BCUT2D eigenvalue weighted by Crippen LogP contribution is -2.43. The van der Waals surface area contributed by atoms with Crippen LogP contribution >= 0.6 is 0 Å². The number of hydrogen-bond acceptors (Lipinski definition) is 6. The number of alkyl carbamates (subject to hydrolysis) is 1. The second-order valence-corrected chi connectivity index (χ2v) is 9.78. The Balaban J connectivity index is 1.63. The van der Waals surface area contributed by atoms with Crippen LogP contribution in [0.5, 0.6) is 0 Å². The number of unbranched alkanes of at least 4 members (excludes halogenated alkanes) is 2. The van der Waals surface area contributed by atoms with Crippen molar-refractivity contribution in [1.29, 1.82) is 0 Å². The van der Waals surface area contributed by atoms with Crippen LogP contribution in [0.25, 0.3) is 0 Å². The molecule has 7 nitrogen and oxygen atoms in total. The molecule has 3 fully saturated rings. The monoisotopic (exact) mass is 413 g/mol. The predicted molar refractivity (Wildman–Crippen MR) is 108 cm³/mol. The van der Waals surface area contributed by atoms with Crippen molar-refractivity contribution in [2.75, 3.05) is 13.2 Å². The van der Waals surface area contributed by atoms with E-state index in [4.69, 9.17) is 18.9 Å². The highest BCUT2D eigenvalue weighted by molar-refractivity contribution is 5.68. The van der Waals surface area contributed by atoms with E-state index in [2.05, 4.69) is 12.2 Å². The van der Waals surface area contributed by atoms with Gasteiger partial charge in [-0.2, -0.15) is 0 Å². The van der Waals surface area contributed by atoms with Gasteiger partial charge in [0.25, 0.3) is 0 Å². The minimum absolute atomic E-state index is 0.0172. The first-order valence-electron chi connectivity index (χ1n) is 11.3. The van der Waals surface area contributed by atoms with Gasteiger partial charge < -0.3 is 29.4 Å². The smallest absolute Gasteiger partial charge is 0.407 e. The highest BCUT2D eigenvalue weighted by Crippen LogP contribution is 2.46. The summed E-state index contributed by atoms with van der Waals surface area (Å²) in [5.41, 5.74) is -0.532. The van der Waals surface area contributed by atoms with Crippen molar-refractivity contribution in [2.24, 2.45) is 11.8 Å². The Morgan fingerprint density at radius 1 is 1.17 bits per heavy atom. The van der Waals surface area contributed by atoms with Crippen LogP contribution in [0.4, 0.5) is 4.79 Å². The average Bonchev–Trinajstić information content (AvgIpc) is 3.27. The van der Waals surface area contributed by atoms with Crippen LogP contribution in [-0.2, 0) is 18.9 Å². The van der Waals surface area contributed by atoms with Gasteiger partial charge >= 0.3 is 6.09 Å². The first-order valence-corrected chi connectivity index (χ1v) is 11.3. The standard InChI is InChI=1S/C22H39NO6/c1-5-6-7-9-22(26-11-12-27-22)10-8-15-16-13-19(24)28-18(16)14-17(15)23-20(25)29-21(2,3)4/h15-19,24H,5-14H2,1-4H3,(H,23,25)/t15-,16-,17?,18?,19?/m1/s1. The molecule has 0 aromatic carbocycles. The van der Waals surface area contributed by atoms with Gasteiger partial charge in [0.05, 0.1) is 19.3 Å². The van der Waals surface area contributed by atoms with Crippen molar-refractivity contribution in [1.82, 2.24) is 5.32 Å². The third-order valence-corrected chi connectivity index (χ3v) is 6.37. The number of carbonyl (C=O) groups is 1. The van der Waals surface area contributed by atoms with Gasteiger partial charge in [0.2, 0.25) is 0 Å². The van der Waals surface area contributed by atoms with Crippen molar-refractivity contribution in [3.8, 4) is 0 Å². The maximum Gasteiger partial charge on any atom is 0.407 e. The van der Waals surface area contributed by atoms with Gasteiger partial charge in [-0.3, -0.25) is 0 Å². The molecule has 7 heteroatoms. The SMILES string of the molecule is CCCCCC1(CC[C@H]2C(NC(=O)OC(C)(C)C)CC3OC(O)C[C@@H]32)OCCO1. The number of aliphatic hydroxyl groups is 1. The zero-order chi connectivity index (χ0) is 21.1. The van der Waals surface area contributed by atoms with Crippen molar-refractivity contribution in [2.45, 2.75) is 109 Å². The third kappa shape index (κ3) is 6.06. The molecule has 0 bridgehead atoms. The van der Waals surface area contributed by atoms with Crippen molar-refractivity contribution >= 4 is 6.09 Å². The number of ether oxygens (including phenoxy) is 4. The van der Waals surface area contributed by atoms with Crippen LogP contribution < -0.4 is 5.32 Å². The number of carbonyl (C=O) groups excluding carboxylic acids is 1. The van der Waals surface area contributed by atoms with Crippen molar-refractivity contribution < 1.29 is 28.8 Å². The summed E-state index contributed by atoms with van der Waals surface area (Å²) in [6, 6.07) is -0.0264. The normalized spacial score (nSPS) is 33.6. The second kappa shape index (κ2) is 9.50. The molecular formula is C22H39NO6. The second-order valence-electron chi connectivity index (χ2n) is 9.78. The fourth-order valence-electron chi connectivity index (χ4n) is 5.13. The van der Waals surface area contributed by atoms with E-state index in [0.717, 1.165) is 25.7 Å². The topological polar surface area (TPSA) is 86.3 Å². The highest BCUT2D eigenvalue weighted by Gasteiger charge is 2.50. The van der Waals surface area contributed by atoms with E-state index < -0.39 is 17.7 Å². The average molecular weight is 414 g/mol. The summed E-state index contributed by atoms with van der Waals surface area (Å²) in [4.78, 5) is 12.4. The molecule has 1 aliphatic carbocycles. The molecule has 2 N–H and O–H groups in total. The first-order chi connectivity index (χ1) is 13.7. The summed E-state index contributed by atoms with van der Waals surface area (Å²) in [6.45, 7) is 9.07. The lowest BCUT2D eigenvalue weighted by molar-refractivity contribution is -0.170. The van der Waals surface area contributed by atoms with E-state index >= 15 is 0 Å². The summed E-state index contributed by atoms with van der Waals surface area (Å²) in [6.07, 6.45) is 6.22. The molecule has 29 heavy (non-hydrogen) atoms. The molecule has 3 rings (SSSR count). The maximum absolute atomic E-state index is 12.4. The van der Waals surface area contributed by atoms with E-state index in [1.54, 1.807) is 0 Å². The molecule has 0 radical (unpaired) electrons. The fraction of sp³-hybridized carbons (Fsp3) is 0.955. The van der Waals surface area contributed by atoms with Gasteiger partial charge in [-0.1, -0.05) is 19.8 Å². The van der Waals surface area contributed by atoms with E-state index in [0.29, 0.717) is 26.1 Å². The molecule has 1 amide bonds. The van der Waals surface area contributed by atoms with Crippen LogP contribution in [0.15, 0.2) is 0 Å². The fourth-order valence-corrected chi connectivity index (χ4v) is 5.13. The Morgan fingerprint density at radius 2 is 1.90 bits per heavy atom. The molecular weight excluding hydrogens is 374 g/mol. The van der Waals surface area contributed by atoms with E-state index in [1.165, 1.54) is 12.8 Å². The lowest BCUT2D eigenvalue weighted by atomic mass is 9.85. The maximum atomic E-state index is 12.4. The summed E-state index contributed by atoms with van der Waals surface area (Å²) < 4.78 is 23.3. The van der Waals surface area contributed by atoms with E-state index in [-0.39, 0.29) is 30.1 Å². The first kappa shape index (κ1) is 22.8. The molecule has 168 valence electrons. The zero-order valence-corrected chi connectivity index (χ0v) is 18.4. The number of hydrogen-bond donors (Lipinski definition) is 2. The van der Waals surface area contributed by atoms with E-state index in [1.807, 2.05) is 20.8 Å². The molecule has 1 saturated carbocycles. The number of amides is 1. The minimum atomic E-state index is -0.701. The molecule has 0 aromatic heterocycles. The molecule has 0 aromatic rings. The summed E-state index contributed by atoms with van der Waals surface area (Å²) in [7, 11) is 0. The Bertz CT molecular complexity index is 542. The molecule has 0 spiro atoms. The molecule has 3 aliphatic rings. The molecule has 3 unspecified atom stereocenters. The number of fused-ring (bicyclic) bond motifs is 1. The van der Waals surface area contributed by atoms with Crippen LogP contribution in [-0.4, -0.2) is 54.2 Å². The quantitative estimate of drug-likeness (QED) is 0.590. The van der Waals surface area contributed by atoms with Gasteiger partial charge in [0, 0.05) is 25.3 Å². The van der Waals surface area contributed by atoms with Gasteiger partial charge in [0.1, 0.15) is 5.60 Å². The predicted octanol–water partition coefficient (Wildman–Crippen LogP) is 3.73. The summed E-state index contributed by atoms with van der Waals surface area (Å²) in [5, 5.41) is 13.0. The molecule has 2 heterocycles. The Hall–Kier alpha value is -0.890. The summed E-state index contributed by atoms with van der Waals surface area (Å²) >= 11 is 0. The number of nitrogens with one attached hydrogen (secondary N) is 1. The third-order valence-electron chi connectivity index (χ3n) is 6.37. The van der Waals surface area contributed by atoms with Gasteiger partial charge in [-0.15, -0.1) is 0 Å². The number of rotatable bonds is 8. The lowest BCUT2D eigenvalue weighted by Gasteiger charge is -2.32. The molecule has 2 aliphatic heterocycles. The molecule has 5 atom stereocenters. The Morgan fingerprint density at radius 3 is 2.55 bits per heavy atom. The highest BCUT2D eigenvalue weighted by atomic mass is 16.7. The zero-order valence-electron chi connectivity index (χ0n) is 18.4. The van der Waals surface area contributed by atoms with Crippen LogP contribution in [0.1, 0.15) is 79.1 Å². The van der Waals surface area contributed by atoms with Gasteiger partial charge in [-0.05, 0) is 51.9 Å².